The van der Waals surface area contributed by atoms with Crippen LogP contribution in [0.4, 0.5) is 0 Å². The van der Waals surface area contributed by atoms with Crippen LogP contribution in [0.15, 0.2) is 18.2 Å². The number of rotatable bonds is 5. The summed E-state index contributed by atoms with van der Waals surface area (Å²) in [5, 5.41) is 4.72. The van der Waals surface area contributed by atoms with E-state index in [1.807, 2.05) is 13.0 Å². The second-order valence-electron chi connectivity index (χ2n) is 5.08. The van der Waals surface area contributed by atoms with E-state index in [0.29, 0.717) is 16.0 Å². The van der Waals surface area contributed by atoms with Crippen LogP contribution in [0, 0.1) is 12.3 Å². The van der Waals surface area contributed by atoms with Crippen molar-refractivity contribution in [2.45, 2.75) is 26.2 Å². The van der Waals surface area contributed by atoms with Gasteiger partial charge in [0.05, 0.1) is 0 Å². The van der Waals surface area contributed by atoms with Crippen molar-refractivity contribution in [1.82, 2.24) is 5.32 Å². The first kappa shape index (κ1) is 13.9. The van der Waals surface area contributed by atoms with Crippen molar-refractivity contribution in [2.24, 2.45) is 5.41 Å². The second-order valence-corrected chi connectivity index (χ2v) is 6.31. The van der Waals surface area contributed by atoms with Gasteiger partial charge in [0, 0.05) is 22.5 Å². The topological polar surface area (TPSA) is 29.1 Å². The number of nitrogens with one attached hydrogen (secondary N) is 1. The van der Waals surface area contributed by atoms with Gasteiger partial charge in [-0.25, -0.2) is 0 Å². The number of carbonyl (C=O) groups is 1. The first-order valence-electron chi connectivity index (χ1n) is 6.17. The Labute approximate surface area is 121 Å². The molecule has 18 heavy (non-hydrogen) atoms. The van der Waals surface area contributed by atoms with Gasteiger partial charge in [-0.3, -0.25) is 4.79 Å². The lowest BCUT2D eigenvalue weighted by Gasteiger charge is -2.15. The lowest BCUT2D eigenvalue weighted by atomic mass is 10.0. The van der Waals surface area contributed by atoms with Gasteiger partial charge in [0.15, 0.2) is 0 Å². The zero-order valence-corrected chi connectivity index (χ0v) is 12.8. The van der Waals surface area contributed by atoms with Crippen molar-refractivity contribution < 1.29 is 4.79 Å². The van der Waals surface area contributed by atoms with Crippen molar-refractivity contribution in [2.75, 3.05) is 11.9 Å². The average Bonchev–Trinajstić information content (AvgIpc) is 3.07. The molecule has 1 aromatic carbocycles. The van der Waals surface area contributed by atoms with E-state index in [1.165, 1.54) is 12.8 Å². The van der Waals surface area contributed by atoms with Gasteiger partial charge >= 0.3 is 0 Å². The molecule has 0 atom stereocenters. The molecule has 1 aliphatic rings. The van der Waals surface area contributed by atoms with Crippen LogP contribution >= 0.6 is 27.5 Å². The highest BCUT2D eigenvalue weighted by Crippen LogP contribution is 2.48. The molecule has 0 radical (unpaired) electrons. The summed E-state index contributed by atoms with van der Waals surface area (Å²) in [5.74, 6) is 0.00464. The molecular formula is C14H17BrClNO. The van der Waals surface area contributed by atoms with Gasteiger partial charge in [-0.2, -0.15) is 0 Å². The van der Waals surface area contributed by atoms with Gasteiger partial charge in [0.2, 0.25) is 0 Å². The Morgan fingerprint density at radius 2 is 2.22 bits per heavy atom. The zero-order valence-electron chi connectivity index (χ0n) is 10.4. The normalized spacial score (nSPS) is 16.4. The molecule has 0 aromatic heterocycles. The van der Waals surface area contributed by atoms with Gasteiger partial charge < -0.3 is 5.32 Å². The Balaban J connectivity index is 1.96. The van der Waals surface area contributed by atoms with Crippen LogP contribution in [0.1, 0.15) is 35.2 Å². The third-order valence-corrected chi connectivity index (χ3v) is 4.27. The largest absolute Gasteiger partial charge is 0.351 e. The van der Waals surface area contributed by atoms with Crippen molar-refractivity contribution in [3.63, 3.8) is 0 Å². The fourth-order valence-corrected chi connectivity index (χ4v) is 3.21. The van der Waals surface area contributed by atoms with E-state index in [4.69, 9.17) is 11.6 Å². The van der Waals surface area contributed by atoms with Gasteiger partial charge in [0.25, 0.3) is 5.91 Å². The maximum atomic E-state index is 12.1. The molecule has 1 aromatic rings. The number of aryl methyl sites for hydroxylation is 1. The highest BCUT2D eigenvalue weighted by Gasteiger charge is 2.41. The maximum Gasteiger partial charge on any atom is 0.251 e. The van der Waals surface area contributed by atoms with Crippen LogP contribution in [0.2, 0.25) is 5.02 Å². The number of carbonyl (C=O) groups excluding carboxylic acids is 1. The van der Waals surface area contributed by atoms with Gasteiger partial charge in [-0.1, -0.05) is 27.5 Å². The van der Waals surface area contributed by atoms with Gasteiger partial charge in [-0.15, -0.1) is 0 Å². The highest BCUT2D eigenvalue weighted by atomic mass is 79.9. The van der Waals surface area contributed by atoms with Gasteiger partial charge in [-0.05, 0) is 55.4 Å². The van der Waals surface area contributed by atoms with Crippen molar-refractivity contribution in [3.8, 4) is 0 Å². The van der Waals surface area contributed by atoms with E-state index in [9.17, 15) is 4.79 Å². The van der Waals surface area contributed by atoms with E-state index in [2.05, 4.69) is 21.2 Å². The minimum Gasteiger partial charge on any atom is -0.351 e. The Bertz CT molecular complexity index is 457. The minimum atomic E-state index is 0.00464. The Hall–Kier alpha value is -0.540. The molecule has 1 amide bonds. The summed E-state index contributed by atoms with van der Waals surface area (Å²) in [5.41, 5.74) is 1.99. The third kappa shape index (κ3) is 3.27. The predicted octanol–water partition coefficient (Wildman–Crippen LogP) is 3.94. The van der Waals surface area contributed by atoms with Crippen molar-refractivity contribution in [3.05, 3.63) is 34.3 Å². The number of alkyl halides is 1. The SMILES string of the molecule is Cc1cc(Cl)ccc1C(=O)NCC1(CCBr)CC1. The Morgan fingerprint density at radius 3 is 2.78 bits per heavy atom. The molecule has 0 heterocycles. The van der Waals surface area contributed by atoms with Crippen LogP contribution in [0.5, 0.6) is 0 Å². The molecule has 0 saturated heterocycles. The summed E-state index contributed by atoms with van der Waals surface area (Å²) < 4.78 is 0. The first-order valence-corrected chi connectivity index (χ1v) is 7.67. The number of hydrogen-bond acceptors (Lipinski definition) is 1. The number of benzene rings is 1. The molecule has 0 unspecified atom stereocenters. The van der Waals surface area contributed by atoms with E-state index >= 15 is 0 Å². The molecule has 1 aliphatic carbocycles. The molecule has 4 heteroatoms. The molecule has 0 spiro atoms. The van der Waals surface area contributed by atoms with Crippen LogP contribution in [0.3, 0.4) is 0 Å². The zero-order chi connectivity index (χ0) is 13.2. The van der Waals surface area contributed by atoms with E-state index in [0.717, 1.165) is 23.9 Å². The molecule has 2 rings (SSSR count). The summed E-state index contributed by atoms with van der Waals surface area (Å²) in [6.45, 7) is 2.69. The van der Waals surface area contributed by atoms with Crippen LogP contribution in [-0.2, 0) is 0 Å². The van der Waals surface area contributed by atoms with Crippen LogP contribution < -0.4 is 5.32 Å². The predicted molar refractivity (Wildman–Crippen MR) is 78.6 cm³/mol. The summed E-state index contributed by atoms with van der Waals surface area (Å²) in [6.07, 6.45) is 3.57. The fourth-order valence-electron chi connectivity index (χ4n) is 2.14. The van der Waals surface area contributed by atoms with E-state index in [1.54, 1.807) is 12.1 Å². The van der Waals surface area contributed by atoms with Crippen LogP contribution in [0.25, 0.3) is 0 Å². The molecule has 2 nitrogen and oxygen atoms in total. The van der Waals surface area contributed by atoms with E-state index < -0.39 is 0 Å². The monoisotopic (exact) mass is 329 g/mol. The lowest BCUT2D eigenvalue weighted by molar-refractivity contribution is 0.0944. The average molecular weight is 331 g/mol. The lowest BCUT2D eigenvalue weighted by Crippen LogP contribution is -2.30. The smallest absolute Gasteiger partial charge is 0.251 e. The van der Waals surface area contributed by atoms with Crippen molar-refractivity contribution in [1.29, 1.82) is 0 Å². The third-order valence-electron chi connectivity index (χ3n) is 3.64. The van der Waals surface area contributed by atoms with Gasteiger partial charge in [0.1, 0.15) is 0 Å². The minimum absolute atomic E-state index is 0.00464. The van der Waals surface area contributed by atoms with E-state index in [-0.39, 0.29) is 5.91 Å². The molecule has 1 fully saturated rings. The fraction of sp³-hybridized carbons (Fsp3) is 0.500. The summed E-state index contributed by atoms with van der Waals surface area (Å²) in [6, 6.07) is 5.37. The molecule has 1 N–H and O–H groups in total. The Kier molecular flexibility index (Phi) is 4.33. The molecule has 0 bridgehead atoms. The number of hydrogen-bond donors (Lipinski definition) is 1. The summed E-state index contributed by atoms with van der Waals surface area (Å²) >= 11 is 9.35. The number of amides is 1. The standard InChI is InChI=1S/C14H17BrClNO/c1-10-8-11(16)2-3-12(10)13(18)17-9-14(4-5-14)6-7-15/h2-3,8H,4-7,9H2,1H3,(H,17,18). The molecule has 98 valence electrons. The maximum absolute atomic E-state index is 12.1. The quantitative estimate of drug-likeness (QED) is 0.814. The highest BCUT2D eigenvalue weighted by molar-refractivity contribution is 9.09. The Morgan fingerprint density at radius 1 is 1.50 bits per heavy atom. The van der Waals surface area contributed by atoms with Crippen molar-refractivity contribution >= 4 is 33.4 Å². The second kappa shape index (κ2) is 5.62. The summed E-state index contributed by atoms with van der Waals surface area (Å²) in [4.78, 5) is 12.1. The first-order chi connectivity index (χ1) is 8.56. The number of halogens is 2. The van der Waals surface area contributed by atoms with Crippen LogP contribution in [-0.4, -0.2) is 17.8 Å². The molecule has 1 saturated carbocycles. The molecular weight excluding hydrogens is 314 g/mol. The molecule has 0 aliphatic heterocycles. The summed E-state index contributed by atoms with van der Waals surface area (Å²) in [7, 11) is 0.